The second kappa shape index (κ2) is 4.91. The number of carboxylic acid groups (broad SMARTS) is 1. The lowest BCUT2D eigenvalue weighted by Gasteiger charge is -2.05. The Hall–Kier alpha value is -1.30. The molecule has 17 heavy (non-hydrogen) atoms. The molecule has 2 N–H and O–H groups in total. The number of carbonyl (C=O) groups is 2. The topological polar surface area (TPSA) is 71.3 Å². The molecule has 0 atom stereocenters. The van der Waals surface area contributed by atoms with Gasteiger partial charge in [-0.05, 0) is 34.8 Å². The Morgan fingerprint density at radius 2 is 2.24 bits per heavy atom. The first kappa shape index (κ1) is 12.2. The number of aryl methyl sites for hydroxylation is 1. The molecule has 2 rings (SSSR count). The van der Waals surface area contributed by atoms with E-state index >= 15 is 0 Å². The highest BCUT2D eigenvalue weighted by Crippen LogP contribution is 2.19. The maximum atomic E-state index is 11.5. The first-order chi connectivity index (χ1) is 8.06. The van der Waals surface area contributed by atoms with Crippen molar-refractivity contribution in [1.29, 1.82) is 0 Å². The first-order valence-electron chi connectivity index (χ1n) is 5.44. The highest BCUT2D eigenvalue weighted by molar-refractivity contribution is 9.10. The Bertz CT molecular complexity index is 452. The number of aromatic nitrogens is 1. The fourth-order valence-corrected chi connectivity index (χ4v) is 2.04. The number of nitrogens with zero attached hydrogens (tertiary/aromatic N) is 1. The van der Waals surface area contributed by atoms with Crippen LogP contribution in [0.5, 0.6) is 0 Å². The number of hydrogen-bond donors (Lipinski definition) is 2. The fraction of sp³-hybridized carbons (Fsp3) is 0.455. The van der Waals surface area contributed by atoms with Gasteiger partial charge in [-0.25, -0.2) is 4.79 Å². The molecular formula is C11H13BrN2O3. The standard InChI is InChI=1S/C11H13BrN2O3/c12-9-5-7(11(16)17)6-14(9)4-3-10(15)13-8-1-2-8/h5-6,8H,1-4H2,(H,13,15)(H,16,17). The van der Waals surface area contributed by atoms with Crippen LogP contribution in [-0.4, -0.2) is 27.6 Å². The van der Waals surface area contributed by atoms with Gasteiger partial charge in [0, 0.05) is 25.2 Å². The van der Waals surface area contributed by atoms with E-state index in [9.17, 15) is 9.59 Å². The summed E-state index contributed by atoms with van der Waals surface area (Å²) in [4.78, 5) is 22.2. The summed E-state index contributed by atoms with van der Waals surface area (Å²) >= 11 is 3.27. The van der Waals surface area contributed by atoms with Gasteiger partial charge in [0.15, 0.2) is 0 Å². The summed E-state index contributed by atoms with van der Waals surface area (Å²) in [5.74, 6) is -0.947. The molecule has 5 nitrogen and oxygen atoms in total. The lowest BCUT2D eigenvalue weighted by Crippen LogP contribution is -2.26. The van der Waals surface area contributed by atoms with Crippen molar-refractivity contribution < 1.29 is 14.7 Å². The maximum Gasteiger partial charge on any atom is 0.337 e. The van der Waals surface area contributed by atoms with Crippen LogP contribution in [-0.2, 0) is 11.3 Å². The van der Waals surface area contributed by atoms with E-state index in [0.29, 0.717) is 23.6 Å². The average Bonchev–Trinajstić information content (AvgIpc) is 2.98. The monoisotopic (exact) mass is 300 g/mol. The first-order valence-corrected chi connectivity index (χ1v) is 6.24. The van der Waals surface area contributed by atoms with Gasteiger partial charge < -0.3 is 15.0 Å². The van der Waals surface area contributed by atoms with E-state index in [-0.39, 0.29) is 11.5 Å². The van der Waals surface area contributed by atoms with E-state index in [2.05, 4.69) is 21.2 Å². The van der Waals surface area contributed by atoms with E-state index in [0.717, 1.165) is 12.8 Å². The van der Waals surface area contributed by atoms with Crippen LogP contribution in [0.4, 0.5) is 0 Å². The van der Waals surface area contributed by atoms with E-state index in [4.69, 9.17) is 5.11 Å². The van der Waals surface area contributed by atoms with Gasteiger partial charge in [0.1, 0.15) is 0 Å². The molecule has 1 saturated carbocycles. The Kier molecular flexibility index (Phi) is 3.51. The fourth-order valence-electron chi connectivity index (χ4n) is 1.52. The van der Waals surface area contributed by atoms with Gasteiger partial charge in [-0.2, -0.15) is 0 Å². The largest absolute Gasteiger partial charge is 0.478 e. The van der Waals surface area contributed by atoms with Gasteiger partial charge in [-0.15, -0.1) is 0 Å². The number of rotatable bonds is 5. The molecule has 0 saturated heterocycles. The van der Waals surface area contributed by atoms with Gasteiger partial charge in [0.2, 0.25) is 5.91 Å². The summed E-state index contributed by atoms with van der Waals surface area (Å²) in [6, 6.07) is 1.89. The zero-order chi connectivity index (χ0) is 12.4. The molecule has 0 unspecified atom stereocenters. The molecule has 1 fully saturated rings. The molecule has 1 aliphatic rings. The SMILES string of the molecule is O=C(CCn1cc(C(=O)O)cc1Br)NC1CC1. The van der Waals surface area contributed by atoms with Crippen molar-refractivity contribution in [2.24, 2.45) is 0 Å². The molecule has 0 radical (unpaired) electrons. The van der Waals surface area contributed by atoms with Crippen molar-refractivity contribution in [2.45, 2.75) is 31.8 Å². The molecule has 0 spiro atoms. The van der Waals surface area contributed by atoms with E-state index < -0.39 is 5.97 Å². The van der Waals surface area contributed by atoms with Crippen molar-refractivity contribution in [1.82, 2.24) is 9.88 Å². The van der Waals surface area contributed by atoms with Gasteiger partial charge in [0.25, 0.3) is 0 Å². The van der Waals surface area contributed by atoms with E-state index in [1.165, 1.54) is 12.3 Å². The molecular weight excluding hydrogens is 288 g/mol. The third-order valence-electron chi connectivity index (χ3n) is 2.61. The average molecular weight is 301 g/mol. The highest BCUT2D eigenvalue weighted by Gasteiger charge is 2.23. The molecule has 6 heteroatoms. The molecule has 1 aromatic heterocycles. The number of carbonyl (C=O) groups excluding carboxylic acids is 1. The van der Waals surface area contributed by atoms with Crippen molar-refractivity contribution in [3.63, 3.8) is 0 Å². The molecule has 1 aromatic rings. The summed E-state index contributed by atoms with van der Waals surface area (Å²) in [6.45, 7) is 0.479. The number of halogens is 1. The highest BCUT2D eigenvalue weighted by atomic mass is 79.9. The van der Waals surface area contributed by atoms with Crippen LogP contribution in [0.1, 0.15) is 29.6 Å². The molecule has 1 amide bonds. The predicted molar refractivity (Wildman–Crippen MR) is 64.9 cm³/mol. The van der Waals surface area contributed by atoms with Crippen LogP contribution in [0.25, 0.3) is 0 Å². The summed E-state index contributed by atoms with van der Waals surface area (Å²) in [6.07, 6.45) is 4.03. The van der Waals surface area contributed by atoms with Crippen LogP contribution in [0.3, 0.4) is 0 Å². The van der Waals surface area contributed by atoms with Gasteiger partial charge in [-0.3, -0.25) is 4.79 Å². The number of aromatic carboxylic acids is 1. The lowest BCUT2D eigenvalue weighted by molar-refractivity contribution is -0.121. The maximum absolute atomic E-state index is 11.5. The van der Waals surface area contributed by atoms with Crippen LogP contribution < -0.4 is 5.32 Å². The summed E-state index contributed by atoms with van der Waals surface area (Å²) in [7, 11) is 0. The second-order valence-corrected chi connectivity index (χ2v) is 4.95. The summed E-state index contributed by atoms with van der Waals surface area (Å²) in [5, 5.41) is 11.7. The van der Waals surface area contributed by atoms with Crippen molar-refractivity contribution in [3.05, 3.63) is 22.4 Å². The zero-order valence-electron chi connectivity index (χ0n) is 9.15. The minimum Gasteiger partial charge on any atom is -0.478 e. The van der Waals surface area contributed by atoms with Crippen LogP contribution in [0.2, 0.25) is 0 Å². The van der Waals surface area contributed by atoms with E-state index in [1.807, 2.05) is 0 Å². The molecule has 1 aliphatic carbocycles. The van der Waals surface area contributed by atoms with Gasteiger partial charge >= 0.3 is 5.97 Å². The third kappa shape index (κ3) is 3.33. The van der Waals surface area contributed by atoms with Crippen LogP contribution >= 0.6 is 15.9 Å². The number of amides is 1. The van der Waals surface area contributed by atoms with Crippen LogP contribution in [0, 0.1) is 0 Å². The minimum absolute atomic E-state index is 0.0185. The number of nitrogens with one attached hydrogen (secondary N) is 1. The molecule has 92 valence electrons. The predicted octanol–water partition coefficient (Wildman–Crippen LogP) is 1.62. The summed E-state index contributed by atoms with van der Waals surface area (Å²) in [5.41, 5.74) is 0.222. The Labute approximate surface area is 107 Å². The third-order valence-corrected chi connectivity index (χ3v) is 3.30. The van der Waals surface area contributed by atoms with Crippen molar-refractivity contribution >= 4 is 27.8 Å². The van der Waals surface area contributed by atoms with Gasteiger partial charge in [-0.1, -0.05) is 0 Å². The normalized spacial score (nSPS) is 14.6. The lowest BCUT2D eigenvalue weighted by atomic mass is 10.3. The Balaban J connectivity index is 1.89. The Morgan fingerprint density at radius 1 is 1.53 bits per heavy atom. The van der Waals surface area contributed by atoms with Crippen molar-refractivity contribution in [2.75, 3.05) is 0 Å². The molecule has 0 bridgehead atoms. The Morgan fingerprint density at radius 3 is 2.76 bits per heavy atom. The summed E-state index contributed by atoms with van der Waals surface area (Å²) < 4.78 is 2.39. The quantitative estimate of drug-likeness (QED) is 0.868. The smallest absolute Gasteiger partial charge is 0.337 e. The van der Waals surface area contributed by atoms with Crippen LogP contribution in [0.15, 0.2) is 16.9 Å². The van der Waals surface area contributed by atoms with E-state index in [1.54, 1.807) is 4.57 Å². The molecule has 0 aromatic carbocycles. The number of hydrogen-bond acceptors (Lipinski definition) is 2. The van der Waals surface area contributed by atoms with Gasteiger partial charge in [0.05, 0.1) is 10.2 Å². The zero-order valence-corrected chi connectivity index (χ0v) is 10.7. The number of carboxylic acids is 1. The second-order valence-electron chi connectivity index (χ2n) is 4.14. The molecule has 1 heterocycles. The molecule has 0 aliphatic heterocycles. The minimum atomic E-state index is -0.966. The van der Waals surface area contributed by atoms with Crippen molar-refractivity contribution in [3.8, 4) is 0 Å².